The summed E-state index contributed by atoms with van der Waals surface area (Å²) in [5, 5.41) is 6.72. The molecule has 0 aliphatic carbocycles. The Balaban J connectivity index is 1.67. The Morgan fingerprint density at radius 1 is 0.533 bits per heavy atom. The molecule has 0 radical (unpaired) electrons. The summed E-state index contributed by atoms with van der Waals surface area (Å²) in [4.78, 5) is 25.0. The zero-order valence-electron chi connectivity index (χ0n) is 15.7. The Kier molecular flexibility index (Phi) is 5.22. The molecule has 0 fully saturated rings. The molecule has 4 nitrogen and oxygen atoms in total. The summed E-state index contributed by atoms with van der Waals surface area (Å²) in [5.74, 6) is -2.40. The van der Waals surface area contributed by atoms with Gasteiger partial charge in [-0.05, 0) is 36.4 Å². The van der Waals surface area contributed by atoms with Crippen LogP contribution in [0.4, 0.5) is 20.2 Å². The van der Waals surface area contributed by atoms with Crippen LogP contribution in [-0.4, -0.2) is 11.8 Å². The Morgan fingerprint density at radius 3 is 1.33 bits per heavy atom. The van der Waals surface area contributed by atoms with E-state index in [0.29, 0.717) is 22.1 Å². The number of nitrogens with one attached hydrogen (secondary N) is 2. The molecule has 6 heteroatoms. The van der Waals surface area contributed by atoms with Gasteiger partial charge < -0.3 is 10.6 Å². The lowest BCUT2D eigenvalue weighted by molar-refractivity contribution is 0.101. The van der Waals surface area contributed by atoms with Crippen LogP contribution in [0.2, 0.25) is 0 Å². The van der Waals surface area contributed by atoms with Gasteiger partial charge in [0.05, 0.1) is 11.1 Å². The molecular weight excluding hydrogens is 386 g/mol. The van der Waals surface area contributed by atoms with E-state index in [4.69, 9.17) is 0 Å². The second-order valence-corrected chi connectivity index (χ2v) is 6.57. The third-order valence-electron chi connectivity index (χ3n) is 4.66. The molecular formula is C24H16F2N2O2. The van der Waals surface area contributed by atoms with Gasteiger partial charge in [0.25, 0.3) is 11.8 Å². The molecule has 4 aromatic carbocycles. The van der Waals surface area contributed by atoms with Crippen LogP contribution in [0.15, 0.2) is 84.9 Å². The molecule has 0 spiro atoms. The van der Waals surface area contributed by atoms with Crippen LogP contribution in [0.25, 0.3) is 10.8 Å². The molecule has 0 bridgehead atoms. The van der Waals surface area contributed by atoms with Crippen molar-refractivity contribution in [2.24, 2.45) is 0 Å². The fourth-order valence-electron chi connectivity index (χ4n) is 3.20. The van der Waals surface area contributed by atoms with Crippen molar-refractivity contribution in [2.45, 2.75) is 0 Å². The lowest BCUT2D eigenvalue weighted by Crippen LogP contribution is -2.15. The van der Waals surface area contributed by atoms with Gasteiger partial charge in [0, 0.05) is 22.1 Å². The maximum absolute atomic E-state index is 13.9. The average Bonchev–Trinajstić information content (AvgIpc) is 2.75. The highest BCUT2D eigenvalue weighted by Crippen LogP contribution is 2.30. The molecule has 2 N–H and O–H groups in total. The Morgan fingerprint density at radius 2 is 0.933 bits per heavy atom. The first-order valence-corrected chi connectivity index (χ1v) is 9.18. The number of anilines is 2. The second kappa shape index (κ2) is 8.13. The summed E-state index contributed by atoms with van der Waals surface area (Å²) in [7, 11) is 0. The van der Waals surface area contributed by atoms with Crippen LogP contribution in [0.5, 0.6) is 0 Å². The monoisotopic (exact) mass is 402 g/mol. The maximum atomic E-state index is 13.9. The predicted octanol–water partition coefficient (Wildman–Crippen LogP) is 5.62. The molecule has 4 rings (SSSR count). The molecule has 0 aliphatic rings. The van der Waals surface area contributed by atoms with E-state index in [9.17, 15) is 18.4 Å². The Bertz CT molecular complexity index is 1170. The number of hydrogen-bond acceptors (Lipinski definition) is 2. The summed E-state index contributed by atoms with van der Waals surface area (Å²) < 4.78 is 27.8. The van der Waals surface area contributed by atoms with Crippen LogP contribution in [-0.2, 0) is 0 Å². The summed E-state index contributed by atoms with van der Waals surface area (Å²) in [5.41, 5.74) is 0.780. The fraction of sp³-hybridized carbons (Fsp3) is 0. The highest BCUT2D eigenvalue weighted by molar-refractivity contribution is 6.14. The Labute approximate surface area is 171 Å². The molecule has 148 valence electrons. The molecule has 0 aliphatic heterocycles. The van der Waals surface area contributed by atoms with E-state index in [1.54, 1.807) is 48.5 Å². The quantitative estimate of drug-likeness (QED) is 0.465. The van der Waals surface area contributed by atoms with Gasteiger partial charge in [-0.2, -0.15) is 0 Å². The van der Waals surface area contributed by atoms with E-state index in [-0.39, 0.29) is 11.1 Å². The first-order valence-electron chi connectivity index (χ1n) is 9.18. The third kappa shape index (κ3) is 3.75. The largest absolute Gasteiger partial charge is 0.321 e. The molecule has 0 saturated carbocycles. The molecule has 0 saturated heterocycles. The zero-order chi connectivity index (χ0) is 21.1. The number of fused-ring (bicyclic) bond motifs is 1. The first-order chi connectivity index (χ1) is 14.5. The molecule has 4 aromatic rings. The summed E-state index contributed by atoms with van der Waals surface area (Å²) in [6, 6.07) is 21.7. The van der Waals surface area contributed by atoms with Crippen molar-refractivity contribution < 1.29 is 18.4 Å². The van der Waals surface area contributed by atoms with Crippen molar-refractivity contribution in [2.75, 3.05) is 10.6 Å². The lowest BCUT2D eigenvalue weighted by Gasteiger charge is -2.13. The van der Waals surface area contributed by atoms with Crippen molar-refractivity contribution >= 4 is 34.0 Å². The van der Waals surface area contributed by atoms with Crippen molar-refractivity contribution in [3.8, 4) is 0 Å². The molecule has 0 unspecified atom stereocenters. The number of carbonyl (C=O) groups excluding carboxylic acids is 2. The predicted molar refractivity (Wildman–Crippen MR) is 113 cm³/mol. The van der Waals surface area contributed by atoms with E-state index in [1.807, 2.05) is 0 Å². The van der Waals surface area contributed by atoms with Gasteiger partial charge >= 0.3 is 0 Å². The third-order valence-corrected chi connectivity index (χ3v) is 4.66. The van der Waals surface area contributed by atoms with Crippen LogP contribution in [0.1, 0.15) is 20.7 Å². The van der Waals surface area contributed by atoms with Gasteiger partial charge in [-0.15, -0.1) is 0 Å². The van der Waals surface area contributed by atoms with Crippen molar-refractivity contribution in [1.82, 2.24) is 0 Å². The number of benzene rings is 4. The summed E-state index contributed by atoms with van der Waals surface area (Å²) >= 11 is 0. The smallest absolute Gasteiger partial charge is 0.258 e. The number of rotatable bonds is 4. The minimum absolute atomic E-state index is 0.0708. The summed E-state index contributed by atoms with van der Waals surface area (Å²) in [6.45, 7) is 0. The second-order valence-electron chi connectivity index (χ2n) is 6.57. The minimum atomic E-state index is -0.618. The van der Waals surface area contributed by atoms with Gasteiger partial charge in [-0.3, -0.25) is 9.59 Å². The standard InChI is InChI=1S/C24H16F2N2O2/c25-19-11-3-1-7-17(19)23(29)27-21-13-5-10-16-15(21)9-6-14-22(16)28-24(30)18-8-2-4-12-20(18)26/h1-14H,(H,27,29)(H,28,30). The molecule has 0 aromatic heterocycles. The highest BCUT2D eigenvalue weighted by atomic mass is 19.1. The van der Waals surface area contributed by atoms with E-state index in [1.165, 1.54) is 36.4 Å². The van der Waals surface area contributed by atoms with E-state index in [0.717, 1.165) is 0 Å². The minimum Gasteiger partial charge on any atom is -0.321 e. The lowest BCUT2D eigenvalue weighted by atomic mass is 10.1. The van der Waals surface area contributed by atoms with Crippen molar-refractivity contribution in [3.05, 3.63) is 108 Å². The zero-order valence-corrected chi connectivity index (χ0v) is 15.7. The highest BCUT2D eigenvalue weighted by Gasteiger charge is 2.15. The van der Waals surface area contributed by atoms with Gasteiger partial charge in [-0.1, -0.05) is 48.5 Å². The van der Waals surface area contributed by atoms with Crippen LogP contribution in [0, 0.1) is 11.6 Å². The average molecular weight is 402 g/mol. The van der Waals surface area contributed by atoms with Crippen molar-refractivity contribution in [3.63, 3.8) is 0 Å². The van der Waals surface area contributed by atoms with Gasteiger partial charge in [0.2, 0.25) is 0 Å². The molecule has 0 heterocycles. The Hall–Kier alpha value is -4.06. The van der Waals surface area contributed by atoms with Gasteiger partial charge in [-0.25, -0.2) is 8.78 Å². The van der Waals surface area contributed by atoms with Gasteiger partial charge in [0.1, 0.15) is 11.6 Å². The van der Waals surface area contributed by atoms with E-state index < -0.39 is 23.4 Å². The number of carbonyl (C=O) groups is 2. The van der Waals surface area contributed by atoms with Crippen LogP contribution >= 0.6 is 0 Å². The van der Waals surface area contributed by atoms with Crippen LogP contribution < -0.4 is 10.6 Å². The summed E-state index contributed by atoms with van der Waals surface area (Å²) in [6.07, 6.45) is 0. The SMILES string of the molecule is O=C(Nc1cccc2c(NC(=O)c3ccccc3F)cccc12)c1ccccc1F. The first kappa shape index (κ1) is 19.3. The number of amides is 2. The van der Waals surface area contributed by atoms with Gasteiger partial charge in [0.15, 0.2) is 0 Å². The number of halogens is 2. The number of hydrogen-bond donors (Lipinski definition) is 2. The fourth-order valence-corrected chi connectivity index (χ4v) is 3.20. The van der Waals surface area contributed by atoms with Crippen molar-refractivity contribution in [1.29, 1.82) is 0 Å². The normalized spacial score (nSPS) is 10.6. The molecule has 2 amide bonds. The molecule has 30 heavy (non-hydrogen) atoms. The topological polar surface area (TPSA) is 58.2 Å². The van der Waals surface area contributed by atoms with E-state index in [2.05, 4.69) is 10.6 Å². The van der Waals surface area contributed by atoms with Crippen LogP contribution in [0.3, 0.4) is 0 Å². The maximum Gasteiger partial charge on any atom is 0.258 e. The molecule has 0 atom stereocenters. The van der Waals surface area contributed by atoms with E-state index >= 15 is 0 Å².